The van der Waals surface area contributed by atoms with E-state index in [0.29, 0.717) is 0 Å². The molecule has 19 heavy (non-hydrogen) atoms. The molecule has 102 valence electrons. The summed E-state index contributed by atoms with van der Waals surface area (Å²) in [5.74, 6) is -0.201. The lowest BCUT2D eigenvalue weighted by Crippen LogP contribution is -2.17. The molecule has 0 saturated heterocycles. The van der Waals surface area contributed by atoms with Crippen LogP contribution in [0.3, 0.4) is 0 Å². The Morgan fingerprint density at radius 3 is 2.63 bits per heavy atom. The van der Waals surface area contributed by atoms with Crippen molar-refractivity contribution in [2.75, 3.05) is 0 Å². The van der Waals surface area contributed by atoms with Crippen molar-refractivity contribution >= 4 is 0 Å². The predicted octanol–water partition coefficient (Wildman–Crippen LogP) is 3.24. The number of imidazole rings is 1. The first-order chi connectivity index (χ1) is 9.11. The summed E-state index contributed by atoms with van der Waals surface area (Å²) < 4.78 is 15.0. The van der Waals surface area contributed by atoms with E-state index >= 15 is 0 Å². The molecule has 0 fully saturated rings. The number of nitrogens with zero attached hydrogens (tertiary/aromatic N) is 2. The highest BCUT2D eigenvalue weighted by Crippen LogP contribution is 2.21. The van der Waals surface area contributed by atoms with Crippen LogP contribution in [0.2, 0.25) is 0 Å². The number of rotatable bonds is 5. The van der Waals surface area contributed by atoms with Crippen molar-refractivity contribution in [3.8, 4) is 0 Å². The topological polar surface area (TPSA) is 43.8 Å². The average molecular weight is 261 g/mol. The second-order valence-corrected chi connectivity index (χ2v) is 4.92. The predicted molar refractivity (Wildman–Crippen MR) is 74.3 cm³/mol. The van der Waals surface area contributed by atoms with Crippen molar-refractivity contribution in [3.05, 3.63) is 53.9 Å². The minimum Gasteiger partial charge on any atom is -0.330 e. The van der Waals surface area contributed by atoms with Crippen molar-refractivity contribution < 1.29 is 4.39 Å². The molecule has 1 aromatic carbocycles. The monoisotopic (exact) mass is 261 g/mol. The first-order valence-electron chi connectivity index (χ1n) is 6.63. The Morgan fingerprint density at radius 2 is 2.00 bits per heavy atom. The van der Waals surface area contributed by atoms with E-state index in [9.17, 15) is 4.39 Å². The van der Waals surface area contributed by atoms with Gasteiger partial charge >= 0.3 is 0 Å². The van der Waals surface area contributed by atoms with Gasteiger partial charge in [-0.1, -0.05) is 19.1 Å². The lowest BCUT2D eigenvalue weighted by atomic mass is 10.1. The molecule has 0 amide bonds. The van der Waals surface area contributed by atoms with Gasteiger partial charge < -0.3 is 10.3 Å². The van der Waals surface area contributed by atoms with Crippen LogP contribution in [-0.2, 0) is 6.42 Å². The van der Waals surface area contributed by atoms with E-state index in [2.05, 4.69) is 23.4 Å². The number of benzene rings is 1. The minimum absolute atomic E-state index is 0.0122. The molecule has 1 aromatic heterocycles. The summed E-state index contributed by atoms with van der Waals surface area (Å²) in [7, 11) is 0. The highest BCUT2D eigenvalue weighted by Gasteiger charge is 2.14. The van der Waals surface area contributed by atoms with Crippen molar-refractivity contribution in [2.45, 2.75) is 38.8 Å². The van der Waals surface area contributed by atoms with Crippen LogP contribution in [0.4, 0.5) is 4.39 Å². The second kappa shape index (κ2) is 5.97. The summed E-state index contributed by atoms with van der Waals surface area (Å²) in [6, 6.07) is 6.90. The third-order valence-electron chi connectivity index (χ3n) is 3.43. The molecule has 0 saturated carbocycles. The Labute approximate surface area is 113 Å². The van der Waals surface area contributed by atoms with Gasteiger partial charge in [-0.15, -0.1) is 0 Å². The fraction of sp³-hybridized carbons (Fsp3) is 0.400. The van der Waals surface area contributed by atoms with Crippen LogP contribution in [0.15, 0.2) is 36.8 Å². The second-order valence-electron chi connectivity index (χ2n) is 4.92. The van der Waals surface area contributed by atoms with E-state index < -0.39 is 0 Å². The molecule has 2 rings (SSSR count). The summed E-state index contributed by atoms with van der Waals surface area (Å²) in [5.41, 5.74) is 8.24. The van der Waals surface area contributed by atoms with Gasteiger partial charge in [0.1, 0.15) is 5.82 Å². The Kier molecular flexibility index (Phi) is 4.32. The zero-order valence-corrected chi connectivity index (χ0v) is 11.4. The standard InChI is InChI=1S/C15H20FN3/c1-3-14(17)15-9-18-10-19(15)11(2)8-12-4-6-13(16)7-5-12/h4-7,9-11,14H,3,8,17H2,1-2H3/t11?,14-/m1/s1. The van der Waals surface area contributed by atoms with E-state index in [-0.39, 0.29) is 17.9 Å². The van der Waals surface area contributed by atoms with Crippen molar-refractivity contribution in [1.82, 2.24) is 9.55 Å². The maximum Gasteiger partial charge on any atom is 0.123 e. The van der Waals surface area contributed by atoms with Crippen LogP contribution in [0.1, 0.15) is 43.6 Å². The molecule has 0 radical (unpaired) electrons. The van der Waals surface area contributed by atoms with Crippen LogP contribution < -0.4 is 5.73 Å². The molecule has 0 aliphatic carbocycles. The molecule has 0 spiro atoms. The van der Waals surface area contributed by atoms with Gasteiger partial charge in [0.25, 0.3) is 0 Å². The van der Waals surface area contributed by atoms with Crippen molar-refractivity contribution in [2.24, 2.45) is 5.73 Å². The highest BCUT2D eigenvalue weighted by molar-refractivity contribution is 5.17. The first kappa shape index (κ1) is 13.7. The van der Waals surface area contributed by atoms with Crippen LogP contribution >= 0.6 is 0 Å². The fourth-order valence-electron chi connectivity index (χ4n) is 2.24. The van der Waals surface area contributed by atoms with Crippen LogP contribution in [0.25, 0.3) is 0 Å². The largest absolute Gasteiger partial charge is 0.330 e. The van der Waals surface area contributed by atoms with E-state index in [0.717, 1.165) is 24.1 Å². The van der Waals surface area contributed by atoms with Gasteiger partial charge in [-0.3, -0.25) is 0 Å². The van der Waals surface area contributed by atoms with Gasteiger partial charge in [0.05, 0.1) is 12.0 Å². The normalized spacial score (nSPS) is 14.3. The summed E-state index contributed by atoms with van der Waals surface area (Å²) in [4.78, 5) is 4.19. The molecular weight excluding hydrogens is 241 g/mol. The van der Waals surface area contributed by atoms with Crippen molar-refractivity contribution in [3.63, 3.8) is 0 Å². The molecule has 2 N–H and O–H groups in total. The van der Waals surface area contributed by atoms with Gasteiger partial charge in [-0.2, -0.15) is 0 Å². The van der Waals surface area contributed by atoms with Gasteiger partial charge in [0.15, 0.2) is 0 Å². The zero-order valence-electron chi connectivity index (χ0n) is 11.4. The van der Waals surface area contributed by atoms with Gasteiger partial charge in [0.2, 0.25) is 0 Å². The lowest BCUT2D eigenvalue weighted by Gasteiger charge is -2.19. The Bertz CT molecular complexity index is 518. The minimum atomic E-state index is -0.201. The van der Waals surface area contributed by atoms with Crippen LogP contribution in [0.5, 0.6) is 0 Å². The molecular formula is C15H20FN3. The molecule has 1 unspecified atom stereocenters. The summed E-state index contributed by atoms with van der Waals surface area (Å²) >= 11 is 0. The summed E-state index contributed by atoms with van der Waals surface area (Å²) in [6.07, 6.45) is 5.36. The molecule has 4 heteroatoms. The zero-order chi connectivity index (χ0) is 13.8. The van der Waals surface area contributed by atoms with E-state index in [4.69, 9.17) is 5.73 Å². The number of hydrogen-bond acceptors (Lipinski definition) is 2. The number of hydrogen-bond donors (Lipinski definition) is 1. The Hall–Kier alpha value is -1.68. The van der Waals surface area contributed by atoms with E-state index in [1.807, 2.05) is 24.7 Å². The average Bonchev–Trinajstić information content (AvgIpc) is 2.90. The molecule has 0 bridgehead atoms. The molecule has 2 atom stereocenters. The van der Waals surface area contributed by atoms with Gasteiger partial charge in [0, 0.05) is 18.3 Å². The maximum absolute atomic E-state index is 12.9. The SMILES string of the molecule is CC[C@@H](N)c1cncn1C(C)Cc1ccc(F)cc1. The number of halogens is 1. The molecule has 0 aliphatic heterocycles. The summed E-state index contributed by atoms with van der Waals surface area (Å²) in [6.45, 7) is 4.18. The van der Waals surface area contributed by atoms with E-state index in [1.165, 1.54) is 12.1 Å². The van der Waals surface area contributed by atoms with Crippen LogP contribution in [0, 0.1) is 5.82 Å². The quantitative estimate of drug-likeness (QED) is 0.898. The fourth-order valence-corrected chi connectivity index (χ4v) is 2.24. The first-order valence-corrected chi connectivity index (χ1v) is 6.63. The Morgan fingerprint density at radius 1 is 1.32 bits per heavy atom. The Balaban J connectivity index is 2.13. The molecule has 3 nitrogen and oxygen atoms in total. The smallest absolute Gasteiger partial charge is 0.123 e. The number of nitrogens with two attached hydrogens (primary N) is 1. The third-order valence-corrected chi connectivity index (χ3v) is 3.43. The third kappa shape index (κ3) is 3.20. The van der Waals surface area contributed by atoms with Gasteiger partial charge in [-0.05, 0) is 37.5 Å². The van der Waals surface area contributed by atoms with E-state index in [1.54, 1.807) is 0 Å². The summed E-state index contributed by atoms with van der Waals surface area (Å²) in [5, 5.41) is 0. The van der Waals surface area contributed by atoms with Crippen molar-refractivity contribution in [1.29, 1.82) is 0 Å². The van der Waals surface area contributed by atoms with Crippen LogP contribution in [-0.4, -0.2) is 9.55 Å². The highest BCUT2D eigenvalue weighted by atomic mass is 19.1. The lowest BCUT2D eigenvalue weighted by molar-refractivity contribution is 0.498. The number of aromatic nitrogens is 2. The van der Waals surface area contributed by atoms with Gasteiger partial charge in [-0.25, -0.2) is 9.37 Å². The molecule has 1 heterocycles. The molecule has 2 aromatic rings. The maximum atomic E-state index is 12.9. The molecule has 0 aliphatic rings.